The Morgan fingerprint density at radius 1 is 1.19 bits per heavy atom. The summed E-state index contributed by atoms with van der Waals surface area (Å²) in [5.41, 5.74) is 7.96. The van der Waals surface area contributed by atoms with E-state index in [9.17, 15) is 0 Å². The average molecular weight is 222 g/mol. The molecule has 2 N–H and O–H groups in total. The van der Waals surface area contributed by atoms with Crippen LogP contribution in [-0.4, -0.2) is 22.9 Å². The number of hydrogen-bond acceptors (Lipinski definition) is 3. The number of nitrogens with zero attached hydrogens (tertiary/aromatic N) is 3. The van der Waals surface area contributed by atoms with E-state index in [-0.39, 0.29) is 0 Å². The van der Waals surface area contributed by atoms with Gasteiger partial charge in [-0.05, 0) is 40.0 Å². The molecule has 0 saturated carbocycles. The first-order valence-corrected chi connectivity index (χ1v) is 6.20. The lowest BCUT2D eigenvalue weighted by Crippen LogP contribution is -2.32. The van der Waals surface area contributed by atoms with Crippen molar-refractivity contribution in [2.45, 2.75) is 46.1 Å². The minimum Gasteiger partial charge on any atom is -0.394 e. The zero-order valence-corrected chi connectivity index (χ0v) is 10.5. The number of aryl methyl sites for hydroxylation is 1. The quantitative estimate of drug-likeness (QED) is 0.835. The van der Waals surface area contributed by atoms with Crippen LogP contribution in [0.25, 0.3) is 0 Å². The van der Waals surface area contributed by atoms with Crippen molar-refractivity contribution in [2.24, 2.45) is 0 Å². The van der Waals surface area contributed by atoms with E-state index in [1.165, 1.54) is 19.3 Å². The molecule has 2 rings (SSSR count). The molecule has 0 spiro atoms. The van der Waals surface area contributed by atoms with Gasteiger partial charge in [0.25, 0.3) is 0 Å². The van der Waals surface area contributed by atoms with Gasteiger partial charge < -0.3 is 10.6 Å². The van der Waals surface area contributed by atoms with Crippen LogP contribution in [-0.2, 0) is 0 Å². The van der Waals surface area contributed by atoms with E-state index in [4.69, 9.17) is 5.73 Å². The highest BCUT2D eigenvalue weighted by Crippen LogP contribution is 2.31. The second-order valence-electron chi connectivity index (χ2n) is 4.91. The Hall–Kier alpha value is -1.19. The molecular weight excluding hydrogens is 200 g/mol. The molecule has 0 unspecified atom stereocenters. The van der Waals surface area contributed by atoms with Crippen molar-refractivity contribution >= 4 is 11.5 Å². The Kier molecular flexibility index (Phi) is 3.08. The first kappa shape index (κ1) is 11.3. The summed E-state index contributed by atoms with van der Waals surface area (Å²) in [5.74, 6) is 1.13. The van der Waals surface area contributed by atoms with Gasteiger partial charge in [-0.15, -0.1) is 0 Å². The van der Waals surface area contributed by atoms with Crippen molar-refractivity contribution in [1.82, 2.24) is 9.78 Å². The molecule has 0 bridgehead atoms. The number of nitrogens with two attached hydrogens (primary N) is 1. The SMILES string of the molecule is Cc1nn(C(C)C)c(N2CCCCC2)c1N. The average Bonchev–Trinajstić information content (AvgIpc) is 2.57. The third kappa shape index (κ3) is 1.88. The lowest BCUT2D eigenvalue weighted by Gasteiger charge is -2.30. The molecule has 4 heteroatoms. The summed E-state index contributed by atoms with van der Waals surface area (Å²) in [4.78, 5) is 2.39. The molecule has 1 aromatic heterocycles. The highest BCUT2D eigenvalue weighted by atomic mass is 15.4. The Morgan fingerprint density at radius 2 is 1.81 bits per heavy atom. The van der Waals surface area contributed by atoms with E-state index in [2.05, 4.69) is 28.5 Å². The largest absolute Gasteiger partial charge is 0.394 e. The molecule has 16 heavy (non-hydrogen) atoms. The second-order valence-corrected chi connectivity index (χ2v) is 4.91. The minimum atomic E-state index is 0.368. The molecule has 1 fully saturated rings. The van der Waals surface area contributed by atoms with Gasteiger partial charge in [-0.2, -0.15) is 5.10 Å². The number of anilines is 2. The second kappa shape index (κ2) is 4.36. The normalized spacial score (nSPS) is 17.1. The Balaban J connectivity index is 2.36. The van der Waals surface area contributed by atoms with Crippen LogP contribution >= 0.6 is 0 Å². The molecule has 0 atom stereocenters. The van der Waals surface area contributed by atoms with Crippen molar-refractivity contribution in [3.05, 3.63) is 5.69 Å². The van der Waals surface area contributed by atoms with Crippen LogP contribution in [0.5, 0.6) is 0 Å². The maximum absolute atomic E-state index is 6.15. The van der Waals surface area contributed by atoms with Crippen molar-refractivity contribution in [3.63, 3.8) is 0 Å². The predicted molar refractivity (Wildman–Crippen MR) is 67.8 cm³/mol. The summed E-state index contributed by atoms with van der Waals surface area (Å²) in [6.07, 6.45) is 3.87. The maximum Gasteiger partial charge on any atom is 0.150 e. The number of rotatable bonds is 2. The van der Waals surface area contributed by atoms with Crippen LogP contribution in [0.2, 0.25) is 0 Å². The smallest absolute Gasteiger partial charge is 0.150 e. The van der Waals surface area contributed by atoms with E-state index in [0.717, 1.165) is 30.3 Å². The van der Waals surface area contributed by atoms with E-state index >= 15 is 0 Å². The van der Waals surface area contributed by atoms with Gasteiger partial charge in [0, 0.05) is 19.1 Å². The molecule has 1 aliphatic heterocycles. The van der Waals surface area contributed by atoms with Crippen LogP contribution in [0.3, 0.4) is 0 Å². The van der Waals surface area contributed by atoms with E-state index in [1.807, 2.05) is 6.92 Å². The first-order chi connectivity index (χ1) is 7.61. The zero-order chi connectivity index (χ0) is 11.7. The van der Waals surface area contributed by atoms with Gasteiger partial charge in [-0.1, -0.05) is 0 Å². The standard InChI is InChI=1S/C12H22N4/c1-9(2)16-12(11(13)10(3)14-16)15-7-5-4-6-8-15/h9H,4-8,13H2,1-3H3. The Bertz CT molecular complexity index is 361. The topological polar surface area (TPSA) is 47.1 Å². The van der Waals surface area contributed by atoms with Crippen LogP contribution in [0.4, 0.5) is 11.5 Å². The van der Waals surface area contributed by atoms with Gasteiger partial charge in [0.05, 0.1) is 11.4 Å². The van der Waals surface area contributed by atoms with Crippen LogP contribution < -0.4 is 10.6 Å². The van der Waals surface area contributed by atoms with Crippen LogP contribution in [0.1, 0.15) is 44.8 Å². The maximum atomic E-state index is 6.15. The summed E-state index contributed by atoms with van der Waals surface area (Å²) < 4.78 is 2.07. The number of hydrogen-bond donors (Lipinski definition) is 1. The van der Waals surface area contributed by atoms with Gasteiger partial charge in [-0.25, -0.2) is 4.68 Å². The fourth-order valence-corrected chi connectivity index (χ4v) is 2.33. The molecule has 90 valence electrons. The Labute approximate surface area is 97.4 Å². The molecule has 4 nitrogen and oxygen atoms in total. The molecule has 0 amide bonds. The molecule has 2 heterocycles. The lowest BCUT2D eigenvalue weighted by molar-refractivity contribution is 0.502. The molecule has 0 radical (unpaired) electrons. The summed E-state index contributed by atoms with van der Waals surface area (Å²) in [7, 11) is 0. The fraction of sp³-hybridized carbons (Fsp3) is 0.750. The summed E-state index contributed by atoms with van der Waals surface area (Å²) in [5, 5.41) is 4.53. The van der Waals surface area contributed by atoms with Gasteiger partial charge in [0.2, 0.25) is 0 Å². The fourth-order valence-electron chi connectivity index (χ4n) is 2.33. The van der Waals surface area contributed by atoms with E-state index < -0.39 is 0 Å². The minimum absolute atomic E-state index is 0.368. The van der Waals surface area contributed by atoms with E-state index in [1.54, 1.807) is 0 Å². The highest BCUT2D eigenvalue weighted by Gasteiger charge is 2.21. The molecule has 1 saturated heterocycles. The summed E-state index contributed by atoms with van der Waals surface area (Å²) >= 11 is 0. The van der Waals surface area contributed by atoms with Crippen LogP contribution in [0, 0.1) is 6.92 Å². The summed E-state index contributed by atoms with van der Waals surface area (Å²) in [6, 6.07) is 0.368. The van der Waals surface area contributed by atoms with Crippen LogP contribution in [0.15, 0.2) is 0 Å². The molecule has 0 aromatic carbocycles. The Morgan fingerprint density at radius 3 is 2.38 bits per heavy atom. The van der Waals surface area contributed by atoms with Crippen molar-refractivity contribution in [3.8, 4) is 0 Å². The zero-order valence-electron chi connectivity index (χ0n) is 10.5. The number of aromatic nitrogens is 2. The number of nitrogen functional groups attached to an aromatic ring is 1. The van der Waals surface area contributed by atoms with Gasteiger partial charge in [0.15, 0.2) is 5.82 Å². The number of piperidine rings is 1. The van der Waals surface area contributed by atoms with E-state index in [0.29, 0.717) is 6.04 Å². The van der Waals surface area contributed by atoms with Crippen molar-refractivity contribution < 1.29 is 0 Å². The van der Waals surface area contributed by atoms with Gasteiger partial charge >= 0.3 is 0 Å². The summed E-state index contributed by atoms with van der Waals surface area (Å²) in [6.45, 7) is 8.52. The highest BCUT2D eigenvalue weighted by molar-refractivity contribution is 5.66. The van der Waals surface area contributed by atoms with Gasteiger partial charge in [0.1, 0.15) is 0 Å². The third-order valence-electron chi connectivity index (χ3n) is 3.25. The first-order valence-electron chi connectivity index (χ1n) is 6.20. The molecule has 0 aliphatic carbocycles. The third-order valence-corrected chi connectivity index (χ3v) is 3.25. The van der Waals surface area contributed by atoms with Crippen molar-refractivity contribution in [1.29, 1.82) is 0 Å². The van der Waals surface area contributed by atoms with Gasteiger partial charge in [-0.3, -0.25) is 0 Å². The molecule has 1 aliphatic rings. The lowest BCUT2D eigenvalue weighted by atomic mass is 10.1. The predicted octanol–water partition coefficient (Wildman–Crippen LogP) is 2.34. The monoisotopic (exact) mass is 222 g/mol. The molecule has 1 aromatic rings. The van der Waals surface area contributed by atoms with Crippen molar-refractivity contribution in [2.75, 3.05) is 23.7 Å². The molecular formula is C12H22N4.